The molecule has 2 aromatic carbocycles. The number of benzene rings is 2. The zero-order valence-electron chi connectivity index (χ0n) is 11.5. The molecule has 112 valence electrons. The molecule has 0 aliphatic rings. The molecule has 1 unspecified atom stereocenters. The molecule has 0 radical (unpaired) electrons. The number of hydrogen-bond donors (Lipinski definition) is 2. The van der Waals surface area contributed by atoms with Gasteiger partial charge in [0.15, 0.2) is 0 Å². The van der Waals surface area contributed by atoms with Crippen LogP contribution in [0.15, 0.2) is 53.4 Å². The third-order valence-electron chi connectivity index (χ3n) is 3.03. The Kier molecular flexibility index (Phi) is 5.00. The minimum Gasteiger partial charge on any atom is -0.387 e. The second-order valence-corrected chi connectivity index (χ2v) is 6.85. The zero-order valence-corrected chi connectivity index (χ0v) is 13.0. The van der Waals surface area contributed by atoms with Crippen LogP contribution in [0.1, 0.15) is 17.2 Å². The molecule has 0 aliphatic heterocycles. The third kappa shape index (κ3) is 4.04. The van der Waals surface area contributed by atoms with Gasteiger partial charge in [0.05, 0.1) is 11.1 Å². The predicted octanol–water partition coefficient (Wildman–Crippen LogP) is 2.66. The molecule has 0 fully saturated rings. The zero-order chi connectivity index (χ0) is 15.5. The van der Waals surface area contributed by atoms with Crippen LogP contribution in [0, 0.1) is 6.92 Å². The normalized spacial score (nSPS) is 13.1. The monoisotopic (exact) mass is 325 g/mol. The maximum atomic E-state index is 12.2. The molecule has 0 heterocycles. The van der Waals surface area contributed by atoms with Gasteiger partial charge in [0.25, 0.3) is 0 Å². The quantitative estimate of drug-likeness (QED) is 0.888. The Balaban J connectivity index is 2.11. The Morgan fingerprint density at radius 2 is 1.86 bits per heavy atom. The van der Waals surface area contributed by atoms with Gasteiger partial charge in [-0.15, -0.1) is 0 Å². The minimum absolute atomic E-state index is 0.00929. The van der Waals surface area contributed by atoms with Crippen molar-refractivity contribution < 1.29 is 13.5 Å². The van der Waals surface area contributed by atoms with Crippen molar-refractivity contribution >= 4 is 21.6 Å². The topological polar surface area (TPSA) is 66.4 Å². The summed E-state index contributed by atoms with van der Waals surface area (Å²) in [6, 6.07) is 13.6. The van der Waals surface area contributed by atoms with E-state index in [2.05, 4.69) is 4.72 Å². The highest BCUT2D eigenvalue weighted by atomic mass is 35.5. The molecule has 6 heteroatoms. The van der Waals surface area contributed by atoms with Crippen molar-refractivity contribution in [3.8, 4) is 0 Å². The number of rotatable bonds is 5. The third-order valence-corrected chi connectivity index (χ3v) is 4.93. The number of nitrogens with one attached hydrogen (secondary N) is 1. The molecule has 2 N–H and O–H groups in total. The molecule has 0 amide bonds. The van der Waals surface area contributed by atoms with Gasteiger partial charge in [0.1, 0.15) is 4.90 Å². The molecule has 0 aromatic heterocycles. The van der Waals surface area contributed by atoms with Crippen LogP contribution in [-0.4, -0.2) is 20.1 Å². The smallest absolute Gasteiger partial charge is 0.242 e. The van der Waals surface area contributed by atoms with Crippen molar-refractivity contribution in [1.29, 1.82) is 0 Å². The van der Waals surface area contributed by atoms with E-state index < -0.39 is 16.1 Å². The lowest BCUT2D eigenvalue weighted by atomic mass is 10.1. The van der Waals surface area contributed by atoms with Gasteiger partial charge in [-0.05, 0) is 30.2 Å². The fraction of sp³-hybridized carbons (Fsp3) is 0.200. The molecule has 2 rings (SSSR count). The number of hydrogen-bond acceptors (Lipinski definition) is 3. The molecule has 21 heavy (non-hydrogen) atoms. The van der Waals surface area contributed by atoms with Gasteiger partial charge >= 0.3 is 0 Å². The van der Waals surface area contributed by atoms with Gasteiger partial charge in [0, 0.05) is 6.54 Å². The van der Waals surface area contributed by atoms with E-state index in [0.717, 1.165) is 5.56 Å². The molecular formula is C15H16ClNO3S. The van der Waals surface area contributed by atoms with E-state index in [9.17, 15) is 13.5 Å². The maximum Gasteiger partial charge on any atom is 0.242 e. The van der Waals surface area contributed by atoms with Crippen molar-refractivity contribution in [2.24, 2.45) is 0 Å². The summed E-state index contributed by atoms with van der Waals surface area (Å²) >= 11 is 5.96. The van der Waals surface area contributed by atoms with Crippen molar-refractivity contribution in [1.82, 2.24) is 4.72 Å². The second kappa shape index (κ2) is 6.58. The number of aryl methyl sites for hydroxylation is 1. The summed E-state index contributed by atoms with van der Waals surface area (Å²) in [5.74, 6) is 0. The summed E-state index contributed by atoms with van der Waals surface area (Å²) in [4.78, 5) is 0.00929. The summed E-state index contributed by atoms with van der Waals surface area (Å²) in [6.07, 6.45) is -0.912. The van der Waals surface area contributed by atoms with E-state index in [1.807, 2.05) is 13.0 Å². The Morgan fingerprint density at radius 3 is 2.48 bits per heavy atom. The maximum absolute atomic E-state index is 12.2. The molecule has 4 nitrogen and oxygen atoms in total. The van der Waals surface area contributed by atoms with Crippen molar-refractivity contribution in [3.63, 3.8) is 0 Å². The van der Waals surface area contributed by atoms with Crippen LogP contribution in [0.5, 0.6) is 0 Å². The number of aliphatic hydroxyl groups is 1. The Hall–Kier alpha value is -1.40. The molecule has 0 saturated heterocycles. The molecular weight excluding hydrogens is 310 g/mol. The first-order valence-electron chi connectivity index (χ1n) is 6.39. The van der Waals surface area contributed by atoms with Gasteiger partial charge in [-0.3, -0.25) is 0 Å². The van der Waals surface area contributed by atoms with Gasteiger partial charge in [-0.1, -0.05) is 48.0 Å². The predicted molar refractivity (Wildman–Crippen MR) is 82.8 cm³/mol. The minimum atomic E-state index is -3.75. The Morgan fingerprint density at radius 1 is 1.19 bits per heavy atom. The second-order valence-electron chi connectivity index (χ2n) is 4.71. The number of sulfonamides is 1. The SMILES string of the molecule is Cc1ccc(S(=O)(=O)NCC(O)c2ccccc2)c(Cl)c1. The van der Waals surface area contributed by atoms with Crippen LogP contribution in [0.4, 0.5) is 0 Å². The first kappa shape index (κ1) is 16.0. The standard InChI is InChI=1S/C15H16ClNO3S/c1-11-7-8-15(13(16)9-11)21(19,20)17-10-14(18)12-5-3-2-4-6-12/h2-9,14,17-18H,10H2,1H3. The largest absolute Gasteiger partial charge is 0.387 e. The average Bonchev–Trinajstić information content (AvgIpc) is 2.45. The molecule has 2 aromatic rings. The summed E-state index contributed by atoms with van der Waals surface area (Å²) in [5.41, 5.74) is 1.53. The van der Waals surface area contributed by atoms with Gasteiger partial charge < -0.3 is 5.11 Å². The summed E-state index contributed by atoms with van der Waals surface area (Å²) in [7, 11) is -3.75. The molecule has 0 aliphatic carbocycles. The Labute approximate surface area is 129 Å². The lowest BCUT2D eigenvalue weighted by Gasteiger charge is -2.13. The highest BCUT2D eigenvalue weighted by molar-refractivity contribution is 7.89. The van der Waals surface area contributed by atoms with Crippen LogP contribution >= 0.6 is 11.6 Å². The molecule has 0 saturated carbocycles. The van der Waals surface area contributed by atoms with E-state index in [0.29, 0.717) is 5.56 Å². The Bertz CT molecular complexity index is 717. The van der Waals surface area contributed by atoms with Crippen LogP contribution < -0.4 is 4.72 Å². The van der Waals surface area contributed by atoms with Gasteiger partial charge in [-0.2, -0.15) is 0 Å². The van der Waals surface area contributed by atoms with E-state index in [1.54, 1.807) is 36.4 Å². The first-order chi connectivity index (χ1) is 9.90. The highest BCUT2D eigenvalue weighted by Gasteiger charge is 2.19. The van der Waals surface area contributed by atoms with E-state index in [4.69, 9.17) is 11.6 Å². The fourth-order valence-corrected chi connectivity index (χ4v) is 3.52. The van der Waals surface area contributed by atoms with Crippen LogP contribution in [0.2, 0.25) is 5.02 Å². The summed E-state index contributed by atoms with van der Waals surface area (Å²) in [5, 5.41) is 10.1. The summed E-state index contributed by atoms with van der Waals surface area (Å²) < 4.78 is 26.8. The van der Waals surface area contributed by atoms with Crippen molar-refractivity contribution in [2.45, 2.75) is 17.9 Å². The van der Waals surface area contributed by atoms with E-state index in [-0.39, 0.29) is 16.5 Å². The van der Waals surface area contributed by atoms with Crippen LogP contribution in [0.3, 0.4) is 0 Å². The molecule has 0 bridgehead atoms. The van der Waals surface area contributed by atoms with Gasteiger partial charge in [0.2, 0.25) is 10.0 Å². The summed E-state index contributed by atoms with van der Waals surface area (Å²) in [6.45, 7) is 1.71. The van der Waals surface area contributed by atoms with E-state index >= 15 is 0 Å². The van der Waals surface area contributed by atoms with Gasteiger partial charge in [-0.25, -0.2) is 13.1 Å². The van der Waals surface area contributed by atoms with E-state index in [1.165, 1.54) is 6.07 Å². The van der Waals surface area contributed by atoms with Crippen LogP contribution in [-0.2, 0) is 10.0 Å². The lowest BCUT2D eigenvalue weighted by Crippen LogP contribution is -2.28. The lowest BCUT2D eigenvalue weighted by molar-refractivity contribution is 0.182. The fourth-order valence-electron chi connectivity index (χ4n) is 1.88. The number of halogens is 1. The van der Waals surface area contributed by atoms with Crippen molar-refractivity contribution in [2.75, 3.05) is 6.54 Å². The molecule has 0 spiro atoms. The number of aliphatic hydroxyl groups excluding tert-OH is 1. The first-order valence-corrected chi connectivity index (χ1v) is 8.25. The highest BCUT2D eigenvalue weighted by Crippen LogP contribution is 2.22. The average molecular weight is 326 g/mol. The van der Waals surface area contributed by atoms with Crippen LogP contribution in [0.25, 0.3) is 0 Å². The van der Waals surface area contributed by atoms with Crippen molar-refractivity contribution in [3.05, 3.63) is 64.7 Å². The molecule has 1 atom stereocenters.